The Balaban J connectivity index is 1.05. The number of anilines is 2. The normalized spacial score (nSPS) is 11.3. The summed E-state index contributed by atoms with van der Waals surface area (Å²) in [6, 6.07) is 54.3. The third-order valence-corrected chi connectivity index (χ3v) is 10.9. The third-order valence-electron chi connectivity index (χ3n) is 10.9. The zero-order valence-corrected chi connectivity index (χ0v) is 31.9. The van der Waals surface area contributed by atoms with Gasteiger partial charge in [0.15, 0.2) is 0 Å². The summed E-state index contributed by atoms with van der Waals surface area (Å²) in [6.45, 7) is 5.82. The van der Waals surface area contributed by atoms with Crippen LogP contribution in [-0.2, 0) is 0 Å². The van der Waals surface area contributed by atoms with E-state index in [1.165, 1.54) is 0 Å². The molecule has 0 aromatic heterocycles. The van der Waals surface area contributed by atoms with Gasteiger partial charge in [0.25, 0.3) is 0 Å². The maximum Gasteiger partial charge on any atom is 0.131 e. The molecule has 8 aromatic rings. The van der Waals surface area contributed by atoms with Gasteiger partial charge >= 0.3 is 0 Å². The molecule has 55 heavy (non-hydrogen) atoms. The van der Waals surface area contributed by atoms with Crippen molar-refractivity contribution in [2.75, 3.05) is 37.0 Å². The number of phenolic OH excluding ortho intramolecular Hbond substituents is 2. The van der Waals surface area contributed by atoms with Crippen molar-refractivity contribution >= 4 is 32.9 Å². The lowest BCUT2D eigenvalue weighted by molar-refractivity contribution is 0.479. The molecule has 0 saturated heterocycles. The van der Waals surface area contributed by atoms with Crippen LogP contribution in [0.3, 0.4) is 0 Å². The minimum absolute atomic E-state index is 0.294. The first-order chi connectivity index (χ1) is 26.8. The van der Waals surface area contributed by atoms with E-state index in [4.69, 9.17) is 0 Å². The quantitative estimate of drug-likeness (QED) is 0.148. The molecule has 0 aliphatic rings. The van der Waals surface area contributed by atoms with Gasteiger partial charge in [0.1, 0.15) is 11.5 Å². The fraction of sp³-hybridized carbons (Fsp3) is 0.137. The molecule has 8 rings (SSSR count). The van der Waals surface area contributed by atoms with Crippen molar-refractivity contribution in [1.82, 2.24) is 0 Å². The van der Waals surface area contributed by atoms with Crippen LogP contribution in [0.1, 0.15) is 17.5 Å². The lowest BCUT2D eigenvalue weighted by atomic mass is 9.91. The molecule has 0 aliphatic heterocycles. The molecule has 0 aliphatic carbocycles. The van der Waals surface area contributed by atoms with Gasteiger partial charge in [-0.05, 0) is 100 Å². The first-order valence-corrected chi connectivity index (χ1v) is 19.0. The molecule has 0 saturated carbocycles. The summed E-state index contributed by atoms with van der Waals surface area (Å²) in [7, 11) is 4.26. The zero-order chi connectivity index (χ0) is 38.1. The largest absolute Gasteiger partial charge is 0.507 e. The van der Waals surface area contributed by atoms with E-state index in [2.05, 4.69) is 171 Å². The van der Waals surface area contributed by atoms with E-state index in [1.54, 1.807) is 0 Å². The first-order valence-electron chi connectivity index (χ1n) is 19.0. The first kappa shape index (κ1) is 35.5. The van der Waals surface area contributed by atoms with Crippen molar-refractivity contribution in [3.05, 3.63) is 169 Å². The van der Waals surface area contributed by atoms with E-state index in [-0.39, 0.29) is 0 Å². The average molecular weight is 719 g/mol. The minimum atomic E-state index is 0.294. The van der Waals surface area contributed by atoms with Crippen molar-refractivity contribution in [3.8, 4) is 56.0 Å². The second kappa shape index (κ2) is 15.1. The summed E-state index contributed by atoms with van der Waals surface area (Å²) < 4.78 is 0. The van der Waals surface area contributed by atoms with Crippen LogP contribution in [0.2, 0.25) is 0 Å². The van der Waals surface area contributed by atoms with Crippen LogP contribution < -0.4 is 9.80 Å². The molecule has 0 spiro atoms. The summed E-state index contributed by atoms with van der Waals surface area (Å²) in [5.41, 5.74) is 11.7. The van der Waals surface area contributed by atoms with Crippen molar-refractivity contribution in [2.24, 2.45) is 0 Å². The molecule has 272 valence electrons. The third kappa shape index (κ3) is 6.88. The number of phenols is 2. The highest BCUT2D eigenvalue weighted by molar-refractivity contribution is 6.01. The number of fused-ring (bicyclic) bond motifs is 2. The van der Waals surface area contributed by atoms with Crippen molar-refractivity contribution < 1.29 is 10.2 Å². The number of nitrogens with zero attached hydrogens (tertiary/aromatic N) is 2. The lowest BCUT2D eigenvalue weighted by Crippen LogP contribution is -2.26. The Labute approximate surface area is 324 Å². The monoisotopic (exact) mass is 718 g/mol. The number of para-hydroxylation sites is 2. The Bertz CT molecular complexity index is 2480. The summed E-state index contributed by atoms with van der Waals surface area (Å²) >= 11 is 0. The van der Waals surface area contributed by atoms with Crippen LogP contribution in [0.4, 0.5) is 11.4 Å². The molecule has 0 amide bonds. The smallest absolute Gasteiger partial charge is 0.131 e. The molecule has 0 unspecified atom stereocenters. The number of aromatic hydroxyl groups is 2. The maximum absolute atomic E-state index is 11.9. The Morgan fingerprint density at radius 2 is 0.709 bits per heavy atom. The molecule has 2 N–H and O–H groups in total. The second-order valence-electron chi connectivity index (χ2n) is 14.7. The van der Waals surface area contributed by atoms with Gasteiger partial charge in [0.2, 0.25) is 0 Å². The van der Waals surface area contributed by atoms with E-state index in [0.29, 0.717) is 11.5 Å². The van der Waals surface area contributed by atoms with Crippen molar-refractivity contribution in [3.63, 3.8) is 0 Å². The van der Waals surface area contributed by atoms with Crippen LogP contribution in [-0.4, -0.2) is 37.4 Å². The van der Waals surface area contributed by atoms with Crippen LogP contribution in [0.5, 0.6) is 11.5 Å². The Kier molecular flexibility index (Phi) is 9.73. The number of hydrogen-bond acceptors (Lipinski definition) is 4. The Morgan fingerprint density at radius 1 is 0.382 bits per heavy atom. The molecule has 0 fully saturated rings. The SMILES string of the molecule is Cc1cc(-c2ccccc2N(C)CCCN(C)c2ccccc2-c2cc(C)cc(-c3cccc4ccccc34)c2O)c(O)c(-c2cccc3ccccc23)c1. The number of benzene rings is 8. The van der Waals surface area contributed by atoms with Crippen LogP contribution in [0.25, 0.3) is 66.1 Å². The Morgan fingerprint density at radius 3 is 1.15 bits per heavy atom. The van der Waals surface area contributed by atoms with E-state index in [9.17, 15) is 10.2 Å². The van der Waals surface area contributed by atoms with E-state index < -0.39 is 0 Å². The predicted octanol–water partition coefficient (Wildman–Crippen LogP) is 12.7. The van der Waals surface area contributed by atoms with Gasteiger partial charge in [-0.1, -0.05) is 121 Å². The molecule has 0 radical (unpaired) electrons. The molecule has 0 heterocycles. The maximum atomic E-state index is 11.9. The van der Waals surface area contributed by atoms with Gasteiger partial charge in [-0.2, -0.15) is 0 Å². The fourth-order valence-corrected chi connectivity index (χ4v) is 8.15. The average Bonchev–Trinajstić information content (AvgIpc) is 3.21. The Hall–Kier alpha value is -6.52. The van der Waals surface area contributed by atoms with Crippen LogP contribution >= 0.6 is 0 Å². The highest BCUT2D eigenvalue weighted by Gasteiger charge is 2.20. The second-order valence-corrected chi connectivity index (χ2v) is 14.7. The summed E-state index contributed by atoms with van der Waals surface area (Å²) in [5.74, 6) is 0.587. The molecule has 4 nitrogen and oxygen atoms in total. The van der Waals surface area contributed by atoms with Crippen molar-refractivity contribution in [1.29, 1.82) is 0 Å². The number of aryl methyl sites for hydroxylation is 2. The molecular formula is C51H46N2O2. The summed E-state index contributed by atoms with van der Waals surface area (Å²) in [5, 5.41) is 28.3. The predicted molar refractivity (Wildman–Crippen MR) is 234 cm³/mol. The number of hydrogen-bond donors (Lipinski definition) is 2. The van der Waals surface area contributed by atoms with Crippen LogP contribution in [0.15, 0.2) is 158 Å². The minimum Gasteiger partial charge on any atom is -0.507 e. The highest BCUT2D eigenvalue weighted by atomic mass is 16.3. The van der Waals surface area contributed by atoms with Gasteiger partial charge in [0.05, 0.1) is 0 Å². The van der Waals surface area contributed by atoms with Gasteiger partial charge in [-0.25, -0.2) is 0 Å². The molecule has 0 bridgehead atoms. The summed E-state index contributed by atoms with van der Waals surface area (Å²) in [4.78, 5) is 4.58. The van der Waals surface area contributed by atoms with E-state index >= 15 is 0 Å². The van der Waals surface area contributed by atoms with Crippen LogP contribution in [0, 0.1) is 13.8 Å². The van der Waals surface area contributed by atoms with Gasteiger partial charge in [0, 0.05) is 71.9 Å². The van der Waals surface area contributed by atoms with E-state index in [0.717, 1.165) is 108 Å². The fourth-order valence-electron chi connectivity index (χ4n) is 8.15. The highest BCUT2D eigenvalue weighted by Crippen LogP contribution is 2.46. The van der Waals surface area contributed by atoms with Gasteiger partial charge < -0.3 is 20.0 Å². The summed E-state index contributed by atoms with van der Waals surface area (Å²) in [6.07, 6.45) is 0.901. The van der Waals surface area contributed by atoms with Gasteiger partial charge in [-0.15, -0.1) is 0 Å². The lowest BCUT2D eigenvalue weighted by Gasteiger charge is -2.27. The number of rotatable bonds is 10. The standard InChI is InChI=1S/C51H46N2O2/c1-34-30-44(40-24-13-18-36-16-5-7-20-38(36)40)50(54)46(32-34)42-22-9-11-26-48(42)52(3)28-15-29-53(4)49-27-12-10-23-43(49)47-33-35(2)31-45(51(47)55)41-25-14-19-37-17-6-8-21-39(37)41/h5-14,16-27,30-33,54-55H,15,28-29H2,1-4H3. The van der Waals surface area contributed by atoms with Crippen molar-refractivity contribution in [2.45, 2.75) is 20.3 Å². The topological polar surface area (TPSA) is 46.9 Å². The van der Waals surface area contributed by atoms with E-state index in [1.807, 2.05) is 24.3 Å². The zero-order valence-electron chi connectivity index (χ0n) is 31.9. The molecule has 4 heteroatoms. The molecule has 8 aromatic carbocycles. The molecular weight excluding hydrogens is 673 g/mol. The molecule has 0 atom stereocenters. The van der Waals surface area contributed by atoms with Gasteiger partial charge in [-0.3, -0.25) is 0 Å².